The molecule has 0 aromatic heterocycles. The molecule has 2 fully saturated rings. The van der Waals surface area contributed by atoms with Crippen LogP contribution in [0.1, 0.15) is 46.9 Å². The van der Waals surface area contributed by atoms with Crippen LogP contribution < -0.4 is 9.64 Å². The molecule has 0 bridgehead atoms. The smallest absolute Gasteiger partial charge is 0.338 e. The van der Waals surface area contributed by atoms with Gasteiger partial charge in [-0.1, -0.05) is 12.1 Å². The molecule has 2 heterocycles. The number of esters is 2. The van der Waals surface area contributed by atoms with Gasteiger partial charge in [-0.05, 0) is 69.3 Å². The Labute approximate surface area is 220 Å². The van der Waals surface area contributed by atoms with Gasteiger partial charge in [-0.2, -0.15) is 0 Å². The number of amides is 2. The van der Waals surface area contributed by atoms with E-state index in [1.54, 1.807) is 31.2 Å². The summed E-state index contributed by atoms with van der Waals surface area (Å²) in [4.78, 5) is 65.9. The van der Waals surface area contributed by atoms with Crippen LogP contribution in [0.25, 0.3) is 0 Å². The van der Waals surface area contributed by atoms with Gasteiger partial charge in [0.2, 0.25) is 11.7 Å². The lowest BCUT2D eigenvalue weighted by Crippen LogP contribution is -2.47. The first kappa shape index (κ1) is 27.0. The topological polar surface area (TPSA) is 120 Å². The maximum Gasteiger partial charge on any atom is 0.338 e. The molecule has 0 aliphatic carbocycles. The van der Waals surface area contributed by atoms with E-state index in [9.17, 15) is 24.0 Å². The number of carbonyl (C=O) groups is 5. The first-order valence-corrected chi connectivity index (χ1v) is 12.5. The molecule has 1 atom stereocenters. The molecule has 2 aromatic carbocycles. The predicted molar refractivity (Wildman–Crippen MR) is 136 cm³/mol. The minimum Gasteiger partial charge on any atom is -0.496 e. The Morgan fingerprint density at radius 3 is 2.29 bits per heavy atom. The van der Waals surface area contributed by atoms with Gasteiger partial charge in [0.05, 0.1) is 48.9 Å². The van der Waals surface area contributed by atoms with E-state index in [1.807, 2.05) is 4.90 Å². The minimum atomic E-state index is -0.707. The fourth-order valence-corrected chi connectivity index (χ4v) is 4.79. The number of benzene rings is 2. The van der Waals surface area contributed by atoms with Crippen molar-refractivity contribution in [2.75, 3.05) is 38.3 Å². The van der Waals surface area contributed by atoms with Gasteiger partial charge in [0.1, 0.15) is 5.75 Å². The van der Waals surface area contributed by atoms with E-state index in [1.165, 1.54) is 31.4 Å². The van der Waals surface area contributed by atoms with E-state index in [0.717, 1.165) is 4.90 Å². The molecule has 2 aliphatic heterocycles. The van der Waals surface area contributed by atoms with Crippen molar-refractivity contribution in [3.8, 4) is 5.75 Å². The van der Waals surface area contributed by atoms with Gasteiger partial charge < -0.3 is 14.2 Å². The fraction of sp³-hybridized carbons (Fsp3) is 0.393. The third-order valence-electron chi connectivity index (χ3n) is 6.82. The standard InChI is InChI=1S/C28H30N2O8/c1-3-37-27(34)19-12-14-29(15-13-19)22-16-25(32)30(26(22)33)20-10-8-18(9-11-20)28(35)38-17-23(31)21-6-4-5-7-24(21)36-2/h4-11,19,22H,3,12-17H2,1-2H3. The highest BCUT2D eigenvalue weighted by molar-refractivity contribution is 6.22. The summed E-state index contributed by atoms with van der Waals surface area (Å²) in [5.74, 6) is -1.79. The quantitative estimate of drug-likeness (QED) is 0.278. The van der Waals surface area contributed by atoms with E-state index in [-0.39, 0.29) is 35.7 Å². The van der Waals surface area contributed by atoms with Crippen LogP contribution in [0.15, 0.2) is 48.5 Å². The summed E-state index contributed by atoms with van der Waals surface area (Å²) in [5, 5.41) is 0. The Kier molecular flexibility index (Phi) is 8.52. The minimum absolute atomic E-state index is 0.0533. The highest BCUT2D eigenvalue weighted by Gasteiger charge is 2.44. The Hall–Kier alpha value is -4.05. The van der Waals surface area contributed by atoms with Crippen molar-refractivity contribution in [3.05, 3.63) is 59.7 Å². The monoisotopic (exact) mass is 522 g/mol. The fourth-order valence-electron chi connectivity index (χ4n) is 4.79. The maximum atomic E-state index is 13.1. The van der Waals surface area contributed by atoms with Crippen LogP contribution in [-0.2, 0) is 23.9 Å². The second kappa shape index (κ2) is 12.0. The number of hydrogen-bond acceptors (Lipinski definition) is 9. The highest BCUT2D eigenvalue weighted by atomic mass is 16.5. The molecule has 0 radical (unpaired) electrons. The largest absolute Gasteiger partial charge is 0.496 e. The lowest BCUT2D eigenvalue weighted by atomic mass is 9.95. The number of likely N-dealkylation sites (tertiary alicyclic amines) is 1. The third kappa shape index (κ3) is 5.75. The highest BCUT2D eigenvalue weighted by Crippen LogP contribution is 2.29. The number of nitrogens with zero attached hydrogens (tertiary/aromatic N) is 2. The van der Waals surface area contributed by atoms with E-state index in [2.05, 4.69) is 0 Å². The number of anilines is 1. The molecule has 0 spiro atoms. The third-order valence-corrected chi connectivity index (χ3v) is 6.82. The Bertz CT molecular complexity index is 1220. The van der Waals surface area contributed by atoms with Crippen molar-refractivity contribution in [1.82, 2.24) is 4.90 Å². The van der Waals surface area contributed by atoms with Crippen LogP contribution in [0.3, 0.4) is 0 Å². The van der Waals surface area contributed by atoms with Gasteiger partial charge in [0.25, 0.3) is 5.91 Å². The number of piperidine rings is 1. The summed E-state index contributed by atoms with van der Waals surface area (Å²) in [7, 11) is 1.45. The van der Waals surface area contributed by atoms with Crippen LogP contribution in [0.5, 0.6) is 5.75 Å². The van der Waals surface area contributed by atoms with Crippen LogP contribution in [0.2, 0.25) is 0 Å². The zero-order valence-electron chi connectivity index (χ0n) is 21.4. The zero-order valence-corrected chi connectivity index (χ0v) is 21.4. The van der Waals surface area contributed by atoms with Gasteiger partial charge >= 0.3 is 11.9 Å². The molecule has 2 amide bonds. The number of methoxy groups -OCH3 is 1. The molecule has 10 nitrogen and oxygen atoms in total. The van der Waals surface area contributed by atoms with Crippen molar-refractivity contribution in [3.63, 3.8) is 0 Å². The molecule has 10 heteroatoms. The average Bonchev–Trinajstić information content (AvgIpc) is 3.25. The normalized spacial score (nSPS) is 18.4. The number of hydrogen-bond donors (Lipinski definition) is 0. The van der Waals surface area contributed by atoms with Gasteiger partial charge in [0, 0.05) is 0 Å². The Balaban J connectivity index is 1.34. The van der Waals surface area contributed by atoms with Gasteiger partial charge in [0.15, 0.2) is 6.61 Å². The number of para-hydroxylation sites is 1. The van der Waals surface area contributed by atoms with Crippen molar-refractivity contribution in [2.45, 2.75) is 32.2 Å². The Morgan fingerprint density at radius 1 is 0.947 bits per heavy atom. The summed E-state index contributed by atoms with van der Waals surface area (Å²) < 4.78 is 15.4. The number of ether oxygens (including phenoxy) is 3. The van der Waals surface area contributed by atoms with E-state index in [0.29, 0.717) is 49.5 Å². The summed E-state index contributed by atoms with van der Waals surface area (Å²) in [6, 6.07) is 12.0. The predicted octanol–water partition coefficient (Wildman–Crippen LogP) is 2.64. The van der Waals surface area contributed by atoms with Crippen LogP contribution in [-0.4, -0.2) is 73.9 Å². The van der Waals surface area contributed by atoms with E-state index < -0.39 is 24.4 Å². The van der Waals surface area contributed by atoms with Gasteiger partial charge in [-0.3, -0.25) is 24.1 Å². The first-order chi connectivity index (χ1) is 18.3. The van der Waals surface area contributed by atoms with Crippen molar-refractivity contribution >= 4 is 35.2 Å². The van der Waals surface area contributed by atoms with Gasteiger partial charge in [-0.25, -0.2) is 9.69 Å². The molecule has 2 aromatic rings. The van der Waals surface area contributed by atoms with Crippen molar-refractivity contribution in [2.24, 2.45) is 5.92 Å². The SMILES string of the molecule is CCOC(=O)C1CCN(C2CC(=O)N(c3ccc(C(=O)OCC(=O)c4ccccc4OC)cc3)C2=O)CC1. The maximum absolute atomic E-state index is 13.1. The molecule has 0 N–H and O–H groups in total. The summed E-state index contributed by atoms with van der Waals surface area (Å²) in [6.07, 6.45) is 1.21. The second-order valence-corrected chi connectivity index (χ2v) is 9.10. The van der Waals surface area contributed by atoms with Crippen molar-refractivity contribution < 1.29 is 38.2 Å². The zero-order chi connectivity index (χ0) is 27.2. The van der Waals surface area contributed by atoms with E-state index >= 15 is 0 Å². The molecule has 2 saturated heterocycles. The number of ketones is 1. The molecule has 2 aliphatic rings. The molecular formula is C28H30N2O8. The van der Waals surface area contributed by atoms with Crippen LogP contribution in [0.4, 0.5) is 5.69 Å². The number of carbonyl (C=O) groups excluding carboxylic acids is 5. The van der Waals surface area contributed by atoms with Crippen molar-refractivity contribution in [1.29, 1.82) is 0 Å². The summed E-state index contributed by atoms with van der Waals surface area (Å²) in [6.45, 7) is 2.70. The molecule has 38 heavy (non-hydrogen) atoms. The lowest BCUT2D eigenvalue weighted by Gasteiger charge is -2.33. The van der Waals surface area contributed by atoms with E-state index in [4.69, 9.17) is 14.2 Å². The number of imide groups is 1. The second-order valence-electron chi connectivity index (χ2n) is 9.10. The molecule has 0 saturated carbocycles. The molecule has 200 valence electrons. The lowest BCUT2D eigenvalue weighted by molar-refractivity contribution is -0.149. The Morgan fingerprint density at radius 2 is 1.63 bits per heavy atom. The van der Waals surface area contributed by atoms with Crippen LogP contribution >= 0.6 is 0 Å². The first-order valence-electron chi connectivity index (χ1n) is 12.5. The number of rotatable bonds is 9. The molecule has 4 rings (SSSR count). The van der Waals surface area contributed by atoms with Crippen LogP contribution in [0, 0.1) is 5.92 Å². The number of Topliss-reactive ketones (excluding diaryl/α,β-unsaturated/α-hetero) is 1. The molecule has 1 unspecified atom stereocenters. The average molecular weight is 523 g/mol. The van der Waals surface area contributed by atoms with Gasteiger partial charge in [-0.15, -0.1) is 0 Å². The molecular weight excluding hydrogens is 492 g/mol. The summed E-state index contributed by atoms with van der Waals surface area (Å²) >= 11 is 0. The summed E-state index contributed by atoms with van der Waals surface area (Å²) in [5.41, 5.74) is 0.840.